The van der Waals surface area contributed by atoms with Gasteiger partial charge in [-0.05, 0) is 13.0 Å². The van der Waals surface area contributed by atoms with Crippen molar-refractivity contribution >= 4 is 0 Å². The maximum atomic E-state index is 10.1. The van der Waals surface area contributed by atoms with Crippen molar-refractivity contribution in [1.29, 1.82) is 0 Å². The van der Waals surface area contributed by atoms with Crippen LogP contribution in [-0.2, 0) is 4.74 Å². The molecule has 1 aliphatic carbocycles. The second-order valence-corrected chi connectivity index (χ2v) is 6.26. The molecule has 0 aliphatic heterocycles. The molecule has 0 aromatic heterocycles. The molecule has 1 fully saturated rings. The normalized spacial score (nSPS) is 35.7. The van der Waals surface area contributed by atoms with Gasteiger partial charge in [0.15, 0.2) is 0 Å². The molecule has 0 aromatic carbocycles. The summed E-state index contributed by atoms with van der Waals surface area (Å²) in [6.07, 6.45) is 2.50. The fourth-order valence-corrected chi connectivity index (χ4v) is 3.09. The smallest absolute Gasteiger partial charge is 0.111 e. The van der Waals surface area contributed by atoms with Gasteiger partial charge in [0.25, 0.3) is 0 Å². The first-order chi connectivity index (χ1) is 10.5. The number of ether oxygens (including phenoxy) is 1. The van der Waals surface area contributed by atoms with E-state index in [1.807, 2.05) is 0 Å². The van der Waals surface area contributed by atoms with Gasteiger partial charge >= 0.3 is 0 Å². The molecular weight excluding hydrogens is 286 g/mol. The highest BCUT2D eigenvalue weighted by atomic mass is 16.5. The third-order valence-electron chi connectivity index (χ3n) is 4.54. The number of methoxy groups -OCH3 is 1. The molecule has 0 radical (unpaired) electrons. The molecular formula is C16H33NO5. The van der Waals surface area contributed by atoms with E-state index in [9.17, 15) is 20.4 Å². The lowest BCUT2D eigenvalue weighted by Gasteiger charge is -2.43. The molecule has 6 heteroatoms. The van der Waals surface area contributed by atoms with Gasteiger partial charge in [-0.25, -0.2) is 0 Å². The lowest BCUT2D eigenvalue weighted by molar-refractivity contribution is -0.197. The first-order valence-electron chi connectivity index (χ1n) is 8.53. The first-order valence-corrected chi connectivity index (χ1v) is 8.53. The monoisotopic (exact) mass is 319 g/mol. The van der Waals surface area contributed by atoms with Crippen molar-refractivity contribution in [2.24, 2.45) is 0 Å². The van der Waals surface area contributed by atoms with Crippen molar-refractivity contribution in [2.45, 2.75) is 88.4 Å². The molecule has 5 N–H and O–H groups in total. The number of hydrogen-bond donors (Lipinski definition) is 5. The molecule has 0 bridgehead atoms. The van der Waals surface area contributed by atoms with Crippen LogP contribution in [0.25, 0.3) is 0 Å². The fraction of sp³-hybridized carbons (Fsp3) is 1.00. The zero-order valence-corrected chi connectivity index (χ0v) is 13.8. The van der Waals surface area contributed by atoms with Crippen LogP contribution in [-0.4, -0.2) is 70.6 Å². The predicted octanol–water partition coefficient (Wildman–Crippen LogP) is 0.167. The van der Waals surface area contributed by atoms with Crippen LogP contribution < -0.4 is 5.32 Å². The van der Waals surface area contributed by atoms with E-state index in [1.165, 1.54) is 39.2 Å². The number of aliphatic hydroxyl groups is 4. The number of aliphatic hydroxyl groups excluding tert-OH is 4. The summed E-state index contributed by atoms with van der Waals surface area (Å²) in [5.41, 5.74) is 0. The van der Waals surface area contributed by atoms with Crippen LogP contribution in [0, 0.1) is 0 Å². The molecule has 0 amide bonds. The molecule has 1 rings (SSSR count). The van der Waals surface area contributed by atoms with Crippen LogP contribution in [0.15, 0.2) is 0 Å². The van der Waals surface area contributed by atoms with Crippen LogP contribution in [0.1, 0.15) is 51.9 Å². The summed E-state index contributed by atoms with van der Waals surface area (Å²) in [7, 11) is 1.42. The lowest BCUT2D eigenvalue weighted by atomic mass is 9.83. The van der Waals surface area contributed by atoms with Crippen molar-refractivity contribution in [3.8, 4) is 0 Å². The Morgan fingerprint density at radius 3 is 1.91 bits per heavy atom. The van der Waals surface area contributed by atoms with E-state index in [2.05, 4.69) is 12.2 Å². The molecule has 1 saturated carbocycles. The summed E-state index contributed by atoms with van der Waals surface area (Å²) in [6, 6.07) is -0.585. The first kappa shape index (κ1) is 19.8. The van der Waals surface area contributed by atoms with Crippen LogP contribution in [0.3, 0.4) is 0 Å². The summed E-state index contributed by atoms with van der Waals surface area (Å²) in [5.74, 6) is 0. The van der Waals surface area contributed by atoms with Crippen LogP contribution in [0.5, 0.6) is 0 Å². The molecule has 0 unspecified atom stereocenters. The van der Waals surface area contributed by atoms with Crippen LogP contribution in [0.2, 0.25) is 0 Å². The highest BCUT2D eigenvalue weighted by Gasteiger charge is 2.48. The topological polar surface area (TPSA) is 102 Å². The Hall–Kier alpha value is -0.240. The van der Waals surface area contributed by atoms with E-state index < -0.39 is 36.6 Å². The molecule has 6 atom stereocenters. The maximum absolute atomic E-state index is 10.1. The summed E-state index contributed by atoms with van der Waals surface area (Å²) < 4.78 is 5.18. The van der Waals surface area contributed by atoms with Crippen molar-refractivity contribution in [2.75, 3.05) is 13.7 Å². The average Bonchev–Trinajstić information content (AvgIpc) is 2.52. The van der Waals surface area contributed by atoms with Gasteiger partial charge in [-0.2, -0.15) is 0 Å². The van der Waals surface area contributed by atoms with Gasteiger partial charge in [-0.1, -0.05) is 45.4 Å². The number of hydrogen-bond acceptors (Lipinski definition) is 6. The molecule has 0 saturated heterocycles. The van der Waals surface area contributed by atoms with Gasteiger partial charge in [0.1, 0.15) is 30.5 Å². The van der Waals surface area contributed by atoms with E-state index in [0.29, 0.717) is 6.54 Å². The Morgan fingerprint density at radius 2 is 1.32 bits per heavy atom. The number of nitrogens with one attached hydrogen (secondary N) is 1. The largest absolute Gasteiger partial charge is 0.389 e. The Balaban J connectivity index is 2.30. The van der Waals surface area contributed by atoms with Crippen molar-refractivity contribution < 1.29 is 25.2 Å². The van der Waals surface area contributed by atoms with Gasteiger partial charge in [0, 0.05) is 7.11 Å². The Kier molecular flexibility index (Phi) is 9.47. The van der Waals surface area contributed by atoms with E-state index in [4.69, 9.17) is 4.74 Å². The van der Waals surface area contributed by atoms with Gasteiger partial charge < -0.3 is 30.5 Å². The van der Waals surface area contributed by atoms with Crippen molar-refractivity contribution in [3.05, 3.63) is 0 Å². The predicted molar refractivity (Wildman–Crippen MR) is 84.6 cm³/mol. The van der Waals surface area contributed by atoms with Gasteiger partial charge in [0.05, 0.1) is 6.04 Å². The second kappa shape index (κ2) is 10.5. The molecule has 6 nitrogen and oxygen atoms in total. The number of rotatable bonds is 10. The molecule has 0 aromatic rings. The van der Waals surface area contributed by atoms with E-state index >= 15 is 0 Å². The zero-order chi connectivity index (χ0) is 16.5. The Bertz CT molecular complexity index is 292. The van der Waals surface area contributed by atoms with Crippen LogP contribution in [0.4, 0.5) is 0 Å². The van der Waals surface area contributed by atoms with Gasteiger partial charge in [-0.3, -0.25) is 0 Å². The summed E-state index contributed by atoms with van der Waals surface area (Å²) in [6.45, 7) is 2.89. The zero-order valence-electron chi connectivity index (χ0n) is 13.8. The molecule has 0 spiro atoms. The SMILES string of the molecule is CCCCCCCCCN[C@H]1[C@H](O)[C@@H](O)[C@H](O)[C@@H](O)[C@H]1OC. The van der Waals surface area contributed by atoms with Crippen LogP contribution >= 0.6 is 0 Å². The number of unbranched alkanes of at least 4 members (excludes halogenated alkanes) is 6. The summed E-state index contributed by atoms with van der Waals surface area (Å²) in [5, 5.41) is 42.6. The van der Waals surface area contributed by atoms with Gasteiger partial charge in [-0.15, -0.1) is 0 Å². The molecule has 22 heavy (non-hydrogen) atoms. The maximum Gasteiger partial charge on any atom is 0.111 e. The van der Waals surface area contributed by atoms with Crippen molar-refractivity contribution in [1.82, 2.24) is 5.32 Å². The minimum absolute atomic E-state index is 0.585. The summed E-state index contributed by atoms with van der Waals surface area (Å²) >= 11 is 0. The van der Waals surface area contributed by atoms with E-state index in [0.717, 1.165) is 12.8 Å². The Labute approximate surface area is 133 Å². The highest BCUT2D eigenvalue weighted by molar-refractivity contribution is 5.02. The standard InChI is InChI=1S/C16H33NO5/c1-3-4-5-6-7-8-9-10-17-11-12(18)13(19)14(20)15(21)16(11)22-2/h11-21H,3-10H2,1-2H3/t11-,12-,13+,14-,15+,16-/m0/s1. The van der Waals surface area contributed by atoms with Crippen molar-refractivity contribution in [3.63, 3.8) is 0 Å². The summed E-state index contributed by atoms with van der Waals surface area (Å²) in [4.78, 5) is 0. The molecule has 0 heterocycles. The fourth-order valence-electron chi connectivity index (χ4n) is 3.09. The van der Waals surface area contributed by atoms with E-state index in [1.54, 1.807) is 0 Å². The molecule has 1 aliphatic rings. The third-order valence-corrected chi connectivity index (χ3v) is 4.54. The minimum Gasteiger partial charge on any atom is -0.389 e. The molecule has 132 valence electrons. The second-order valence-electron chi connectivity index (χ2n) is 6.26. The minimum atomic E-state index is -1.39. The lowest BCUT2D eigenvalue weighted by Crippen LogP contribution is -2.68. The average molecular weight is 319 g/mol. The quantitative estimate of drug-likeness (QED) is 0.368. The van der Waals surface area contributed by atoms with Gasteiger partial charge in [0.2, 0.25) is 0 Å². The highest BCUT2D eigenvalue weighted by Crippen LogP contribution is 2.23. The Morgan fingerprint density at radius 1 is 0.773 bits per heavy atom. The third kappa shape index (κ3) is 5.44. The van der Waals surface area contributed by atoms with E-state index in [-0.39, 0.29) is 0 Å².